The number of nitrogens with zero attached hydrogens (tertiary/aromatic N) is 1. The maximum Gasteiger partial charge on any atom is 0.0794 e. The predicted molar refractivity (Wildman–Crippen MR) is 71.9 cm³/mol. The van der Waals surface area contributed by atoms with E-state index in [1.54, 1.807) is 11.3 Å². The van der Waals surface area contributed by atoms with Gasteiger partial charge in [-0.1, -0.05) is 25.5 Å². The summed E-state index contributed by atoms with van der Waals surface area (Å²) >= 11 is 1.73. The highest BCUT2D eigenvalue weighted by Gasteiger charge is 1.96. The zero-order valence-corrected chi connectivity index (χ0v) is 11.3. The Balaban J connectivity index is 2.14. The fourth-order valence-electron chi connectivity index (χ4n) is 1.49. The van der Waals surface area contributed by atoms with Gasteiger partial charge in [0.25, 0.3) is 0 Å². The summed E-state index contributed by atoms with van der Waals surface area (Å²) in [6.07, 6.45) is 6.46. The standard InChI is InChI=1S/C13H22N2S/c1-11(2)8-14-6-4-5-12(3)7-13-9-15-10-16-13/h5,9-11,14H,4,6-8H2,1-3H3/b12-5-. The Morgan fingerprint density at radius 2 is 2.38 bits per heavy atom. The molecule has 0 aliphatic carbocycles. The summed E-state index contributed by atoms with van der Waals surface area (Å²) in [5, 5.41) is 3.44. The van der Waals surface area contributed by atoms with Crippen LogP contribution in [0.1, 0.15) is 32.1 Å². The fourth-order valence-corrected chi connectivity index (χ4v) is 2.18. The summed E-state index contributed by atoms with van der Waals surface area (Å²) < 4.78 is 0. The van der Waals surface area contributed by atoms with Gasteiger partial charge in [0.1, 0.15) is 0 Å². The van der Waals surface area contributed by atoms with Crippen molar-refractivity contribution in [3.8, 4) is 0 Å². The number of hydrogen-bond acceptors (Lipinski definition) is 3. The van der Waals surface area contributed by atoms with Crippen LogP contribution in [0.3, 0.4) is 0 Å². The van der Waals surface area contributed by atoms with Crippen molar-refractivity contribution in [1.82, 2.24) is 10.3 Å². The van der Waals surface area contributed by atoms with Crippen LogP contribution in [0, 0.1) is 5.92 Å². The third kappa shape index (κ3) is 6.03. The minimum Gasteiger partial charge on any atom is -0.316 e. The van der Waals surface area contributed by atoms with Gasteiger partial charge in [-0.05, 0) is 32.4 Å². The molecule has 1 aromatic rings. The minimum absolute atomic E-state index is 0.738. The van der Waals surface area contributed by atoms with E-state index >= 15 is 0 Å². The van der Waals surface area contributed by atoms with E-state index in [-0.39, 0.29) is 0 Å². The molecule has 0 unspecified atom stereocenters. The van der Waals surface area contributed by atoms with E-state index in [0.29, 0.717) is 0 Å². The molecule has 0 aromatic carbocycles. The Labute approximate surface area is 103 Å². The third-order valence-corrected chi connectivity index (χ3v) is 3.08. The van der Waals surface area contributed by atoms with Crippen LogP contribution >= 0.6 is 11.3 Å². The topological polar surface area (TPSA) is 24.9 Å². The van der Waals surface area contributed by atoms with Crippen molar-refractivity contribution in [3.63, 3.8) is 0 Å². The highest BCUT2D eigenvalue weighted by molar-refractivity contribution is 7.09. The van der Waals surface area contributed by atoms with Crippen molar-refractivity contribution in [1.29, 1.82) is 0 Å². The first-order valence-corrected chi connectivity index (χ1v) is 6.80. The molecule has 0 aliphatic heterocycles. The Bertz CT molecular complexity index is 302. The van der Waals surface area contributed by atoms with Crippen molar-refractivity contribution >= 4 is 11.3 Å². The van der Waals surface area contributed by atoms with E-state index in [4.69, 9.17) is 0 Å². The molecule has 0 radical (unpaired) electrons. The fraction of sp³-hybridized carbons (Fsp3) is 0.615. The van der Waals surface area contributed by atoms with Gasteiger partial charge in [-0.3, -0.25) is 4.98 Å². The first kappa shape index (κ1) is 13.4. The Morgan fingerprint density at radius 3 is 3.00 bits per heavy atom. The van der Waals surface area contributed by atoms with Crippen molar-refractivity contribution in [2.75, 3.05) is 13.1 Å². The van der Waals surface area contributed by atoms with E-state index < -0.39 is 0 Å². The number of nitrogens with one attached hydrogen (secondary N) is 1. The van der Waals surface area contributed by atoms with Crippen LogP contribution in [0.4, 0.5) is 0 Å². The zero-order valence-electron chi connectivity index (χ0n) is 10.5. The molecule has 90 valence electrons. The molecule has 0 fully saturated rings. The maximum atomic E-state index is 4.08. The Kier molecular flexibility index (Phi) is 6.34. The SMILES string of the molecule is C/C(=C/CCNCC(C)C)Cc1cncs1. The second-order valence-corrected chi connectivity index (χ2v) is 5.55. The molecular formula is C13H22N2S. The van der Waals surface area contributed by atoms with Gasteiger partial charge in [0, 0.05) is 17.5 Å². The van der Waals surface area contributed by atoms with Gasteiger partial charge in [0.15, 0.2) is 0 Å². The lowest BCUT2D eigenvalue weighted by Gasteiger charge is -2.05. The Hall–Kier alpha value is -0.670. The van der Waals surface area contributed by atoms with E-state index in [0.717, 1.165) is 31.8 Å². The second kappa shape index (κ2) is 7.58. The number of aromatic nitrogens is 1. The number of rotatable bonds is 7. The largest absolute Gasteiger partial charge is 0.316 e. The van der Waals surface area contributed by atoms with Gasteiger partial charge in [0.2, 0.25) is 0 Å². The highest BCUT2D eigenvalue weighted by Crippen LogP contribution is 2.11. The van der Waals surface area contributed by atoms with Crippen LogP contribution in [-0.2, 0) is 6.42 Å². The van der Waals surface area contributed by atoms with Gasteiger partial charge in [0.05, 0.1) is 5.51 Å². The van der Waals surface area contributed by atoms with Crippen molar-refractivity contribution in [3.05, 3.63) is 28.2 Å². The van der Waals surface area contributed by atoms with Crippen LogP contribution in [0.25, 0.3) is 0 Å². The van der Waals surface area contributed by atoms with E-state index in [1.165, 1.54) is 10.5 Å². The first-order chi connectivity index (χ1) is 7.68. The molecule has 1 aromatic heterocycles. The Morgan fingerprint density at radius 1 is 1.56 bits per heavy atom. The van der Waals surface area contributed by atoms with Crippen LogP contribution in [-0.4, -0.2) is 18.1 Å². The van der Waals surface area contributed by atoms with Crippen LogP contribution in [0.15, 0.2) is 23.4 Å². The monoisotopic (exact) mass is 238 g/mol. The molecule has 1 rings (SSSR count). The molecular weight excluding hydrogens is 216 g/mol. The highest BCUT2D eigenvalue weighted by atomic mass is 32.1. The summed E-state index contributed by atoms with van der Waals surface area (Å²) in [5.41, 5.74) is 3.34. The van der Waals surface area contributed by atoms with E-state index in [1.807, 2.05) is 11.7 Å². The van der Waals surface area contributed by atoms with Crippen molar-refractivity contribution < 1.29 is 0 Å². The molecule has 1 heterocycles. The normalized spacial score (nSPS) is 12.4. The predicted octanol–water partition coefficient (Wildman–Crippen LogP) is 3.27. The molecule has 0 atom stereocenters. The number of hydrogen-bond donors (Lipinski definition) is 1. The molecule has 0 bridgehead atoms. The number of allylic oxidation sites excluding steroid dienone is 1. The lowest BCUT2D eigenvalue weighted by atomic mass is 10.1. The zero-order chi connectivity index (χ0) is 11.8. The quantitative estimate of drug-likeness (QED) is 0.582. The van der Waals surface area contributed by atoms with Crippen molar-refractivity contribution in [2.24, 2.45) is 5.92 Å². The maximum absolute atomic E-state index is 4.08. The summed E-state index contributed by atoms with van der Waals surface area (Å²) in [6.45, 7) is 8.86. The molecule has 0 aliphatic rings. The van der Waals surface area contributed by atoms with Gasteiger partial charge in [-0.25, -0.2) is 0 Å². The summed E-state index contributed by atoms with van der Waals surface area (Å²) in [5.74, 6) is 0.738. The average Bonchev–Trinajstić information content (AvgIpc) is 2.69. The lowest BCUT2D eigenvalue weighted by molar-refractivity contribution is 0.556. The van der Waals surface area contributed by atoms with Crippen LogP contribution in [0.5, 0.6) is 0 Å². The summed E-state index contributed by atoms with van der Waals surface area (Å²) in [6, 6.07) is 0. The molecule has 0 saturated carbocycles. The van der Waals surface area contributed by atoms with Gasteiger partial charge >= 0.3 is 0 Å². The van der Waals surface area contributed by atoms with E-state index in [2.05, 4.69) is 37.1 Å². The molecule has 16 heavy (non-hydrogen) atoms. The third-order valence-electron chi connectivity index (χ3n) is 2.30. The molecule has 1 N–H and O–H groups in total. The van der Waals surface area contributed by atoms with Gasteiger partial charge < -0.3 is 5.32 Å². The molecule has 3 heteroatoms. The molecule has 2 nitrogen and oxygen atoms in total. The summed E-state index contributed by atoms with van der Waals surface area (Å²) in [4.78, 5) is 5.43. The van der Waals surface area contributed by atoms with Crippen LogP contribution < -0.4 is 5.32 Å². The van der Waals surface area contributed by atoms with Crippen molar-refractivity contribution in [2.45, 2.75) is 33.6 Å². The van der Waals surface area contributed by atoms with Crippen LogP contribution in [0.2, 0.25) is 0 Å². The summed E-state index contributed by atoms with van der Waals surface area (Å²) in [7, 11) is 0. The lowest BCUT2D eigenvalue weighted by Crippen LogP contribution is -2.20. The van der Waals surface area contributed by atoms with Gasteiger partial charge in [-0.15, -0.1) is 11.3 Å². The first-order valence-electron chi connectivity index (χ1n) is 5.92. The smallest absolute Gasteiger partial charge is 0.0794 e. The number of thiazole rings is 1. The molecule has 0 amide bonds. The molecule has 0 saturated heterocycles. The minimum atomic E-state index is 0.738. The van der Waals surface area contributed by atoms with Gasteiger partial charge in [-0.2, -0.15) is 0 Å². The second-order valence-electron chi connectivity index (χ2n) is 4.58. The average molecular weight is 238 g/mol. The molecule has 0 spiro atoms. The van der Waals surface area contributed by atoms with E-state index in [9.17, 15) is 0 Å².